The molecular weight excluding hydrogens is 460 g/mol. The lowest BCUT2D eigenvalue weighted by Gasteiger charge is -2.45. The molecule has 182 valence electrons. The first-order valence-electron chi connectivity index (χ1n) is 12.0. The molecule has 8 heteroatoms. The van der Waals surface area contributed by atoms with Gasteiger partial charge in [0, 0.05) is 49.2 Å². The van der Waals surface area contributed by atoms with Crippen molar-refractivity contribution in [3.63, 3.8) is 0 Å². The zero-order valence-electron chi connectivity index (χ0n) is 20.1. The number of carbonyl (C=O) groups is 2. The van der Waals surface area contributed by atoms with Crippen LogP contribution in [0.5, 0.6) is 0 Å². The number of anilines is 1. The number of aromatic carboxylic acids is 1. The van der Waals surface area contributed by atoms with Crippen molar-refractivity contribution in [3.8, 4) is 0 Å². The molecule has 35 heavy (non-hydrogen) atoms. The third-order valence-corrected chi connectivity index (χ3v) is 8.02. The van der Waals surface area contributed by atoms with Crippen LogP contribution in [-0.4, -0.2) is 76.6 Å². The molecule has 1 saturated heterocycles. The number of rotatable bonds is 5. The largest absolute Gasteiger partial charge is 0.478 e. The summed E-state index contributed by atoms with van der Waals surface area (Å²) in [6.45, 7) is 7.56. The number of carboxylic acid groups (broad SMARTS) is 1. The summed E-state index contributed by atoms with van der Waals surface area (Å²) in [4.78, 5) is 35.0. The molecule has 1 N–H and O–H groups in total. The van der Waals surface area contributed by atoms with E-state index in [2.05, 4.69) is 64.4 Å². The smallest absolute Gasteiger partial charge is 0.337 e. The molecule has 0 aliphatic carbocycles. The van der Waals surface area contributed by atoms with E-state index in [9.17, 15) is 9.59 Å². The van der Waals surface area contributed by atoms with E-state index >= 15 is 0 Å². The van der Waals surface area contributed by atoms with Crippen molar-refractivity contribution in [1.29, 1.82) is 0 Å². The summed E-state index contributed by atoms with van der Waals surface area (Å²) in [6.07, 6.45) is 4.48. The minimum absolute atomic E-state index is 0.171. The van der Waals surface area contributed by atoms with Gasteiger partial charge in [0.15, 0.2) is 0 Å². The number of carbonyl (C=O) groups excluding carboxylic acids is 1. The molecule has 4 heterocycles. The van der Waals surface area contributed by atoms with Crippen LogP contribution in [0.1, 0.15) is 36.2 Å². The fraction of sp³-hybridized carbons (Fsp3) is 0.370. The van der Waals surface area contributed by atoms with Gasteiger partial charge >= 0.3 is 5.97 Å². The zero-order valence-corrected chi connectivity index (χ0v) is 20.9. The predicted molar refractivity (Wildman–Crippen MR) is 140 cm³/mol. The summed E-state index contributed by atoms with van der Waals surface area (Å²) in [5.41, 5.74) is 2.76. The second-order valence-corrected chi connectivity index (χ2v) is 10.4. The summed E-state index contributed by atoms with van der Waals surface area (Å²) >= 11 is 1.76. The number of benzene rings is 1. The first-order valence-corrected chi connectivity index (χ1v) is 12.9. The number of fused-ring (bicyclic) bond motifs is 1. The van der Waals surface area contributed by atoms with Crippen molar-refractivity contribution in [3.05, 3.63) is 65.2 Å². The Bertz CT molecular complexity index is 1260. The highest BCUT2D eigenvalue weighted by Gasteiger charge is 2.32. The van der Waals surface area contributed by atoms with Crippen LogP contribution >= 0.6 is 11.3 Å². The average Bonchev–Trinajstić information content (AvgIpc) is 3.34. The Hall–Kier alpha value is -3.23. The predicted octanol–water partition coefficient (Wildman–Crippen LogP) is 4.21. The van der Waals surface area contributed by atoms with Gasteiger partial charge in [0.05, 0.1) is 12.1 Å². The molecule has 0 unspecified atom stereocenters. The Morgan fingerprint density at radius 3 is 2.57 bits per heavy atom. The molecule has 1 fully saturated rings. The van der Waals surface area contributed by atoms with Gasteiger partial charge in [0.25, 0.3) is 0 Å². The summed E-state index contributed by atoms with van der Waals surface area (Å²) in [7, 11) is 0. The summed E-state index contributed by atoms with van der Waals surface area (Å²) in [5, 5.41) is 12.5. The minimum Gasteiger partial charge on any atom is -0.478 e. The van der Waals surface area contributed by atoms with Crippen molar-refractivity contribution < 1.29 is 14.7 Å². The Labute approximate surface area is 209 Å². The first kappa shape index (κ1) is 23.5. The number of aromatic nitrogens is 1. The summed E-state index contributed by atoms with van der Waals surface area (Å²) in [6, 6.07) is 12.5. The van der Waals surface area contributed by atoms with Crippen LogP contribution < -0.4 is 4.90 Å². The van der Waals surface area contributed by atoms with Crippen LogP contribution in [0.4, 0.5) is 5.82 Å². The van der Waals surface area contributed by atoms with Crippen LogP contribution in [-0.2, 0) is 4.79 Å². The van der Waals surface area contributed by atoms with E-state index in [1.165, 1.54) is 27.4 Å². The third kappa shape index (κ3) is 4.94. The number of hydrogen-bond acceptors (Lipinski definition) is 6. The maximum atomic E-state index is 13.2. The molecule has 0 radical (unpaired) electrons. The van der Waals surface area contributed by atoms with Crippen molar-refractivity contribution in [2.75, 3.05) is 37.6 Å². The van der Waals surface area contributed by atoms with E-state index in [0.29, 0.717) is 13.1 Å². The normalized spacial score (nSPS) is 21.3. The van der Waals surface area contributed by atoms with E-state index in [1.807, 2.05) is 4.90 Å². The van der Waals surface area contributed by atoms with Crippen LogP contribution in [0, 0.1) is 0 Å². The third-order valence-electron chi connectivity index (χ3n) is 7.12. The number of thiophene rings is 1. The Morgan fingerprint density at radius 1 is 1.11 bits per heavy atom. The second-order valence-electron chi connectivity index (χ2n) is 9.48. The molecule has 1 amide bonds. The van der Waals surface area contributed by atoms with E-state index in [1.54, 1.807) is 23.5 Å². The van der Waals surface area contributed by atoms with Crippen molar-refractivity contribution in [1.82, 2.24) is 14.8 Å². The molecule has 2 aliphatic rings. The van der Waals surface area contributed by atoms with Crippen molar-refractivity contribution >= 4 is 44.7 Å². The lowest BCUT2D eigenvalue weighted by atomic mass is 9.98. The molecule has 2 aliphatic heterocycles. The van der Waals surface area contributed by atoms with E-state index in [4.69, 9.17) is 5.11 Å². The van der Waals surface area contributed by atoms with Gasteiger partial charge in [-0.3, -0.25) is 9.69 Å². The molecule has 0 saturated carbocycles. The van der Waals surface area contributed by atoms with Gasteiger partial charge in [-0.05, 0) is 72.5 Å². The molecule has 1 aromatic carbocycles. The van der Waals surface area contributed by atoms with E-state index in [0.717, 1.165) is 31.9 Å². The fourth-order valence-electron chi connectivity index (χ4n) is 5.14. The maximum absolute atomic E-state index is 13.2. The lowest BCUT2D eigenvalue weighted by Crippen LogP contribution is -2.59. The van der Waals surface area contributed by atoms with Gasteiger partial charge in [0.2, 0.25) is 5.91 Å². The lowest BCUT2D eigenvalue weighted by molar-refractivity contribution is -0.133. The van der Waals surface area contributed by atoms with E-state index < -0.39 is 5.97 Å². The Balaban J connectivity index is 1.19. The molecule has 2 atom stereocenters. The monoisotopic (exact) mass is 490 g/mol. The molecular formula is C27H30N4O3S. The molecule has 0 bridgehead atoms. The number of amides is 1. The summed E-state index contributed by atoms with van der Waals surface area (Å²) < 4.78 is 1.30. The Morgan fingerprint density at radius 2 is 1.91 bits per heavy atom. The van der Waals surface area contributed by atoms with Crippen molar-refractivity contribution in [2.45, 2.75) is 32.4 Å². The van der Waals surface area contributed by atoms with Crippen LogP contribution in [0.25, 0.3) is 15.7 Å². The van der Waals surface area contributed by atoms with Crippen LogP contribution in [0.3, 0.4) is 0 Å². The zero-order chi connectivity index (χ0) is 24.5. The number of nitrogens with zero attached hydrogens (tertiary/aromatic N) is 4. The number of carboxylic acids is 1. The van der Waals surface area contributed by atoms with E-state index in [-0.39, 0.29) is 23.6 Å². The van der Waals surface area contributed by atoms with Crippen LogP contribution in [0.2, 0.25) is 0 Å². The highest BCUT2D eigenvalue weighted by molar-refractivity contribution is 7.17. The minimum atomic E-state index is -0.975. The SMILES string of the molecule is C[C@@H]1CN(c2ccc(C(=O)O)cn2)C[C@H](C)N1CC(=O)N1CC=C(c2ccc3sccc3c2)CC1. The first-order chi connectivity index (χ1) is 16.9. The number of pyridine rings is 1. The molecule has 0 spiro atoms. The quantitative estimate of drug-likeness (QED) is 0.577. The summed E-state index contributed by atoms with van der Waals surface area (Å²) in [5.74, 6) is -0.0315. The van der Waals surface area contributed by atoms with Crippen LogP contribution in [0.15, 0.2) is 54.1 Å². The average molecular weight is 491 g/mol. The molecule has 3 aromatic rings. The number of piperazine rings is 1. The Kier molecular flexibility index (Phi) is 6.58. The van der Waals surface area contributed by atoms with Gasteiger partial charge in [-0.2, -0.15) is 0 Å². The van der Waals surface area contributed by atoms with Crippen molar-refractivity contribution in [2.24, 2.45) is 0 Å². The highest BCUT2D eigenvalue weighted by Crippen LogP contribution is 2.28. The van der Waals surface area contributed by atoms with Gasteiger partial charge in [0.1, 0.15) is 5.82 Å². The van der Waals surface area contributed by atoms with Gasteiger partial charge in [-0.15, -0.1) is 11.3 Å². The highest BCUT2D eigenvalue weighted by atomic mass is 32.1. The second kappa shape index (κ2) is 9.79. The standard InChI is InChI=1S/C27H30N4O3S/c1-18-15-30(25-6-4-23(14-28-25)27(33)34)16-19(2)31(18)17-26(32)29-10-7-20(8-11-29)21-3-5-24-22(13-21)9-12-35-24/h3-7,9,12-14,18-19H,8,10-11,15-17H2,1-2H3,(H,33,34)/t18-,19+. The fourth-order valence-corrected chi connectivity index (χ4v) is 5.91. The maximum Gasteiger partial charge on any atom is 0.337 e. The molecule has 2 aromatic heterocycles. The molecule has 7 nitrogen and oxygen atoms in total. The topological polar surface area (TPSA) is 77.0 Å². The molecule has 5 rings (SSSR count). The number of hydrogen-bond donors (Lipinski definition) is 1. The van der Waals surface area contributed by atoms with Gasteiger partial charge in [-0.1, -0.05) is 12.1 Å². The van der Waals surface area contributed by atoms with Gasteiger partial charge < -0.3 is 14.9 Å². The van der Waals surface area contributed by atoms with Gasteiger partial charge in [-0.25, -0.2) is 9.78 Å².